The van der Waals surface area contributed by atoms with Crippen LogP contribution < -0.4 is 5.32 Å². The van der Waals surface area contributed by atoms with Crippen LogP contribution in [0.25, 0.3) is 0 Å². The van der Waals surface area contributed by atoms with Gasteiger partial charge in [0.2, 0.25) is 0 Å². The van der Waals surface area contributed by atoms with E-state index in [1.54, 1.807) is 11.3 Å². The lowest BCUT2D eigenvalue weighted by molar-refractivity contribution is 0.0186. The topological polar surface area (TPSA) is 40.6 Å². The summed E-state index contributed by atoms with van der Waals surface area (Å²) in [5.74, 6) is 0. The van der Waals surface area contributed by atoms with Crippen molar-refractivity contribution in [2.45, 2.75) is 5.54 Å². The third-order valence-electron chi connectivity index (χ3n) is 3.71. The number of thiazole rings is 1. The summed E-state index contributed by atoms with van der Waals surface area (Å²) < 4.78 is 5.44. The molecule has 1 aliphatic heterocycles. The van der Waals surface area contributed by atoms with Crippen molar-refractivity contribution in [3.63, 3.8) is 0 Å². The number of thiocarbonyl (C=S) groups is 1. The Hall–Kier alpha value is -0.600. The molecule has 0 saturated carbocycles. The van der Waals surface area contributed by atoms with Crippen LogP contribution in [0.5, 0.6) is 0 Å². The van der Waals surface area contributed by atoms with Crippen LogP contribution in [0.2, 0.25) is 0 Å². The lowest BCUT2D eigenvalue weighted by Crippen LogP contribution is -2.59. The lowest BCUT2D eigenvalue weighted by Gasteiger charge is -2.42. The predicted molar refractivity (Wildman–Crippen MR) is 86.4 cm³/mol. The number of aromatic nitrogens is 1. The summed E-state index contributed by atoms with van der Waals surface area (Å²) in [5, 5.41) is 6.20. The first-order valence-electron chi connectivity index (χ1n) is 6.71. The highest BCUT2D eigenvalue weighted by Gasteiger charge is 2.43. The first-order valence-corrected chi connectivity index (χ1v) is 7.99. The van der Waals surface area contributed by atoms with Gasteiger partial charge < -0.3 is 10.1 Å². The minimum absolute atomic E-state index is 0.379. The Balaban J connectivity index is 2.33. The van der Waals surface area contributed by atoms with Crippen LogP contribution >= 0.6 is 23.6 Å². The summed E-state index contributed by atoms with van der Waals surface area (Å²) in [6.07, 6.45) is 1.84. The highest BCUT2D eigenvalue weighted by molar-refractivity contribution is 7.80. The minimum atomic E-state index is -0.379. The third kappa shape index (κ3) is 3.01. The summed E-state index contributed by atoms with van der Waals surface area (Å²) in [6, 6.07) is 0. The maximum absolute atomic E-state index is 5.64. The predicted octanol–water partition coefficient (Wildman–Crippen LogP) is 0.779. The van der Waals surface area contributed by atoms with E-state index < -0.39 is 0 Å². The van der Waals surface area contributed by atoms with Gasteiger partial charge in [-0.15, -0.1) is 11.3 Å². The van der Waals surface area contributed by atoms with Crippen molar-refractivity contribution in [1.29, 1.82) is 0 Å². The molecule has 1 atom stereocenters. The molecule has 2 heterocycles. The minimum Gasteiger partial charge on any atom is -0.381 e. The van der Waals surface area contributed by atoms with Crippen molar-refractivity contribution < 1.29 is 4.74 Å². The normalized spacial score (nSPS) is 19.8. The second-order valence-corrected chi connectivity index (χ2v) is 6.36. The van der Waals surface area contributed by atoms with E-state index in [2.05, 4.69) is 34.2 Å². The van der Waals surface area contributed by atoms with Crippen LogP contribution in [-0.4, -0.2) is 73.8 Å². The van der Waals surface area contributed by atoms with Crippen LogP contribution in [0.4, 0.5) is 0 Å². The molecule has 0 bridgehead atoms. The van der Waals surface area contributed by atoms with E-state index in [0.717, 1.165) is 42.8 Å². The SMILES string of the molecule is CNC(=S)C(CN1CCOCC1)(c1nccs1)N(C)C. The zero-order valence-corrected chi connectivity index (χ0v) is 13.9. The van der Waals surface area contributed by atoms with Gasteiger partial charge >= 0.3 is 0 Å². The summed E-state index contributed by atoms with van der Waals surface area (Å²) in [4.78, 5) is 9.91. The molecule has 1 aliphatic rings. The quantitative estimate of drug-likeness (QED) is 0.810. The molecule has 7 heteroatoms. The molecule has 1 fully saturated rings. The molecule has 1 aromatic heterocycles. The van der Waals surface area contributed by atoms with E-state index >= 15 is 0 Å². The number of likely N-dealkylation sites (N-methyl/N-ethyl adjacent to an activating group) is 2. The Morgan fingerprint density at radius 3 is 2.75 bits per heavy atom. The highest BCUT2D eigenvalue weighted by Crippen LogP contribution is 2.31. The average molecular weight is 314 g/mol. The first-order chi connectivity index (χ1) is 9.61. The number of ether oxygens (including phenoxy) is 1. The largest absolute Gasteiger partial charge is 0.381 e. The molecule has 1 aromatic rings. The summed E-state index contributed by atoms with van der Waals surface area (Å²) in [5.41, 5.74) is -0.379. The van der Waals surface area contributed by atoms with Crippen LogP contribution in [0.1, 0.15) is 5.01 Å². The van der Waals surface area contributed by atoms with E-state index in [1.165, 1.54) is 0 Å². The molecule has 0 amide bonds. The van der Waals surface area contributed by atoms with Crippen LogP contribution in [0.15, 0.2) is 11.6 Å². The Kier molecular flexibility index (Phi) is 5.45. The van der Waals surface area contributed by atoms with Gasteiger partial charge in [-0.2, -0.15) is 0 Å². The van der Waals surface area contributed by atoms with Crippen molar-refractivity contribution in [2.24, 2.45) is 0 Å². The molecule has 0 radical (unpaired) electrons. The summed E-state index contributed by atoms with van der Waals surface area (Å²) in [6.45, 7) is 4.28. The molecule has 0 spiro atoms. The monoisotopic (exact) mass is 314 g/mol. The zero-order chi connectivity index (χ0) is 14.6. The molecule has 112 valence electrons. The smallest absolute Gasteiger partial charge is 0.136 e. The van der Waals surface area contributed by atoms with Gasteiger partial charge in [0.05, 0.1) is 13.2 Å². The van der Waals surface area contributed by atoms with E-state index in [0.29, 0.717) is 0 Å². The highest BCUT2D eigenvalue weighted by atomic mass is 32.1. The molecule has 0 aromatic carbocycles. The fourth-order valence-electron chi connectivity index (χ4n) is 2.49. The first kappa shape index (κ1) is 15.8. The van der Waals surface area contributed by atoms with Gasteiger partial charge in [0, 0.05) is 38.3 Å². The lowest BCUT2D eigenvalue weighted by atomic mass is 9.97. The number of hydrogen-bond donors (Lipinski definition) is 1. The van der Waals surface area contributed by atoms with Gasteiger partial charge in [-0.25, -0.2) is 4.98 Å². The molecule has 5 nitrogen and oxygen atoms in total. The van der Waals surface area contributed by atoms with Gasteiger partial charge in [0.1, 0.15) is 15.5 Å². The molecule has 20 heavy (non-hydrogen) atoms. The van der Waals surface area contributed by atoms with Crippen LogP contribution in [0.3, 0.4) is 0 Å². The molecule has 1 N–H and O–H groups in total. The van der Waals surface area contributed by atoms with Crippen molar-refractivity contribution in [3.05, 3.63) is 16.6 Å². The van der Waals surface area contributed by atoms with Gasteiger partial charge in [0.15, 0.2) is 0 Å². The van der Waals surface area contributed by atoms with Crippen molar-refractivity contribution >= 4 is 28.5 Å². The molecule has 2 rings (SSSR count). The standard InChI is InChI=1S/C13H22N4OS2/c1-14-11(19)13(16(2)3,12-15-4-9-20-12)10-17-5-7-18-8-6-17/h4,9H,5-8,10H2,1-3H3,(H,14,19). The van der Waals surface area contributed by atoms with Crippen LogP contribution in [-0.2, 0) is 10.3 Å². The van der Waals surface area contributed by atoms with Gasteiger partial charge in [-0.05, 0) is 14.1 Å². The Morgan fingerprint density at radius 2 is 2.25 bits per heavy atom. The number of hydrogen-bond acceptors (Lipinski definition) is 6. The number of nitrogens with zero attached hydrogens (tertiary/aromatic N) is 3. The number of nitrogens with one attached hydrogen (secondary N) is 1. The molecule has 1 saturated heterocycles. The maximum Gasteiger partial charge on any atom is 0.136 e. The molecule has 0 aliphatic carbocycles. The second kappa shape index (κ2) is 6.91. The Labute approximate surface area is 129 Å². The number of morpholine rings is 1. The van der Waals surface area contributed by atoms with E-state index in [1.807, 2.05) is 18.6 Å². The molecular weight excluding hydrogens is 292 g/mol. The second-order valence-electron chi connectivity index (χ2n) is 5.06. The Morgan fingerprint density at radius 1 is 1.55 bits per heavy atom. The number of rotatable bonds is 5. The van der Waals surface area contributed by atoms with Crippen molar-refractivity contribution in [3.8, 4) is 0 Å². The van der Waals surface area contributed by atoms with Gasteiger partial charge in [-0.3, -0.25) is 9.80 Å². The van der Waals surface area contributed by atoms with E-state index in [-0.39, 0.29) is 5.54 Å². The van der Waals surface area contributed by atoms with Gasteiger partial charge in [-0.1, -0.05) is 12.2 Å². The van der Waals surface area contributed by atoms with Crippen molar-refractivity contribution in [1.82, 2.24) is 20.1 Å². The van der Waals surface area contributed by atoms with Crippen molar-refractivity contribution in [2.75, 3.05) is 54.0 Å². The average Bonchev–Trinajstić information content (AvgIpc) is 2.99. The fourth-order valence-corrected chi connectivity index (χ4v) is 3.81. The molecular formula is C13H22N4OS2. The van der Waals surface area contributed by atoms with E-state index in [9.17, 15) is 0 Å². The van der Waals surface area contributed by atoms with Crippen LogP contribution in [0, 0.1) is 0 Å². The van der Waals surface area contributed by atoms with E-state index in [4.69, 9.17) is 17.0 Å². The Bertz CT molecular complexity index is 432. The fraction of sp³-hybridized carbons (Fsp3) is 0.692. The zero-order valence-electron chi connectivity index (χ0n) is 12.3. The summed E-state index contributed by atoms with van der Waals surface area (Å²) >= 11 is 7.29. The summed E-state index contributed by atoms with van der Waals surface area (Å²) in [7, 11) is 6.00. The molecule has 1 unspecified atom stereocenters. The van der Waals surface area contributed by atoms with Gasteiger partial charge in [0.25, 0.3) is 0 Å². The third-order valence-corrected chi connectivity index (χ3v) is 5.17. The maximum atomic E-state index is 5.64.